The predicted molar refractivity (Wildman–Crippen MR) is 59.5 cm³/mol. The van der Waals surface area contributed by atoms with E-state index in [1.54, 1.807) is 23.3 Å². The first-order valence-corrected chi connectivity index (χ1v) is 4.89. The minimum atomic E-state index is 0.828. The molecule has 0 radical (unpaired) electrons. The molecule has 0 saturated carbocycles. The minimum absolute atomic E-state index is 0.828. The Kier molecular flexibility index (Phi) is 1.89. The van der Waals surface area contributed by atoms with Crippen molar-refractivity contribution in [3.63, 3.8) is 0 Å². The zero-order chi connectivity index (χ0) is 11.0. The van der Waals surface area contributed by atoms with Gasteiger partial charge in [0, 0.05) is 31.2 Å². The van der Waals surface area contributed by atoms with E-state index in [0.717, 1.165) is 22.3 Å². The van der Waals surface area contributed by atoms with Crippen molar-refractivity contribution < 1.29 is 0 Å². The van der Waals surface area contributed by atoms with Crippen molar-refractivity contribution in [2.45, 2.75) is 0 Å². The number of nitrogens with zero attached hydrogens (tertiary/aromatic N) is 5. The molecule has 3 aromatic rings. The molecule has 5 heteroatoms. The highest BCUT2D eigenvalue weighted by atomic mass is 15.3. The van der Waals surface area contributed by atoms with Gasteiger partial charge in [-0.05, 0) is 12.1 Å². The summed E-state index contributed by atoms with van der Waals surface area (Å²) in [4.78, 5) is 12.3. The molecule has 0 unspecified atom stereocenters. The number of fused-ring (bicyclic) bond motifs is 1. The van der Waals surface area contributed by atoms with Gasteiger partial charge in [0.1, 0.15) is 12.0 Å². The van der Waals surface area contributed by atoms with Crippen LogP contribution in [0.4, 0.5) is 0 Å². The fraction of sp³-hybridized carbons (Fsp3) is 0.0909. The fourth-order valence-corrected chi connectivity index (χ4v) is 1.72. The molecule has 3 aromatic heterocycles. The molecule has 0 saturated heterocycles. The Morgan fingerprint density at radius 1 is 1.19 bits per heavy atom. The monoisotopic (exact) mass is 211 g/mol. The molecular weight excluding hydrogens is 202 g/mol. The molecule has 3 heterocycles. The van der Waals surface area contributed by atoms with Gasteiger partial charge < -0.3 is 0 Å². The molecule has 0 fully saturated rings. The van der Waals surface area contributed by atoms with Crippen molar-refractivity contribution in [2.75, 3.05) is 0 Å². The van der Waals surface area contributed by atoms with Crippen LogP contribution in [-0.2, 0) is 7.05 Å². The summed E-state index contributed by atoms with van der Waals surface area (Å²) in [5.74, 6) is 0. The largest absolute Gasteiger partial charge is 0.264 e. The van der Waals surface area contributed by atoms with E-state index in [-0.39, 0.29) is 0 Å². The van der Waals surface area contributed by atoms with Crippen molar-refractivity contribution in [1.29, 1.82) is 0 Å². The Labute approximate surface area is 91.8 Å². The van der Waals surface area contributed by atoms with E-state index in [1.165, 1.54) is 6.33 Å². The number of hydrogen-bond donors (Lipinski definition) is 0. The van der Waals surface area contributed by atoms with Crippen LogP contribution in [0.3, 0.4) is 0 Å². The summed E-state index contributed by atoms with van der Waals surface area (Å²) in [6.07, 6.45) is 6.83. The molecule has 78 valence electrons. The fourth-order valence-electron chi connectivity index (χ4n) is 1.72. The van der Waals surface area contributed by atoms with Gasteiger partial charge in [-0.15, -0.1) is 0 Å². The molecule has 0 aliphatic rings. The summed E-state index contributed by atoms with van der Waals surface area (Å²) < 4.78 is 1.75. The lowest BCUT2D eigenvalue weighted by Gasteiger charge is -1.94. The molecule has 5 nitrogen and oxygen atoms in total. The smallest absolute Gasteiger partial charge is 0.161 e. The van der Waals surface area contributed by atoms with Gasteiger partial charge >= 0.3 is 0 Å². The summed E-state index contributed by atoms with van der Waals surface area (Å²) in [6.45, 7) is 0. The Bertz CT molecular complexity index is 629. The van der Waals surface area contributed by atoms with Crippen LogP contribution in [0.25, 0.3) is 22.3 Å². The van der Waals surface area contributed by atoms with Crippen molar-refractivity contribution in [1.82, 2.24) is 24.7 Å². The number of aromatic nitrogens is 5. The van der Waals surface area contributed by atoms with Crippen LogP contribution in [0.2, 0.25) is 0 Å². The van der Waals surface area contributed by atoms with Gasteiger partial charge in [-0.2, -0.15) is 5.10 Å². The first-order valence-electron chi connectivity index (χ1n) is 4.89. The van der Waals surface area contributed by atoms with E-state index < -0.39 is 0 Å². The molecular formula is C11H9N5. The van der Waals surface area contributed by atoms with Gasteiger partial charge in [-0.1, -0.05) is 0 Å². The maximum Gasteiger partial charge on any atom is 0.161 e. The number of hydrogen-bond acceptors (Lipinski definition) is 4. The summed E-state index contributed by atoms with van der Waals surface area (Å²) in [7, 11) is 1.87. The summed E-state index contributed by atoms with van der Waals surface area (Å²) >= 11 is 0. The van der Waals surface area contributed by atoms with Gasteiger partial charge in [0.15, 0.2) is 5.65 Å². The van der Waals surface area contributed by atoms with Crippen LogP contribution >= 0.6 is 0 Å². The van der Waals surface area contributed by atoms with E-state index in [0.29, 0.717) is 0 Å². The van der Waals surface area contributed by atoms with Gasteiger partial charge in [-0.3, -0.25) is 4.98 Å². The van der Waals surface area contributed by atoms with Crippen LogP contribution in [0.1, 0.15) is 0 Å². The maximum absolute atomic E-state index is 4.43. The van der Waals surface area contributed by atoms with E-state index in [4.69, 9.17) is 0 Å². The zero-order valence-corrected chi connectivity index (χ0v) is 8.70. The average Bonchev–Trinajstić information content (AvgIpc) is 2.69. The normalized spacial score (nSPS) is 10.8. The summed E-state index contributed by atoms with van der Waals surface area (Å²) in [5, 5.41) is 5.38. The second kappa shape index (κ2) is 3.37. The molecule has 0 amide bonds. The molecule has 0 bridgehead atoms. The lowest BCUT2D eigenvalue weighted by atomic mass is 10.2. The third kappa shape index (κ3) is 1.25. The molecule has 0 aliphatic carbocycles. The van der Waals surface area contributed by atoms with Crippen molar-refractivity contribution >= 4 is 11.0 Å². The van der Waals surface area contributed by atoms with Gasteiger partial charge in [0.25, 0.3) is 0 Å². The van der Waals surface area contributed by atoms with Crippen LogP contribution in [0.15, 0.2) is 37.1 Å². The van der Waals surface area contributed by atoms with E-state index in [2.05, 4.69) is 20.1 Å². The molecule has 3 rings (SSSR count). The van der Waals surface area contributed by atoms with Crippen molar-refractivity contribution in [3.05, 3.63) is 37.1 Å². The minimum Gasteiger partial charge on any atom is -0.264 e. The third-order valence-corrected chi connectivity index (χ3v) is 2.44. The number of aryl methyl sites for hydroxylation is 1. The molecule has 0 aliphatic heterocycles. The Morgan fingerprint density at radius 2 is 2.12 bits per heavy atom. The van der Waals surface area contributed by atoms with Crippen molar-refractivity contribution in [3.8, 4) is 11.3 Å². The SMILES string of the molecule is Cn1nc(-c2cccnc2)c2cncnc21. The molecule has 0 spiro atoms. The first-order chi connectivity index (χ1) is 7.86. The Balaban J connectivity index is 2.33. The van der Waals surface area contributed by atoms with Gasteiger partial charge in [0.05, 0.1) is 5.39 Å². The predicted octanol–water partition coefficient (Wildman–Crippen LogP) is 1.43. The van der Waals surface area contributed by atoms with E-state index >= 15 is 0 Å². The number of pyridine rings is 1. The van der Waals surface area contributed by atoms with Gasteiger partial charge in [0.2, 0.25) is 0 Å². The van der Waals surface area contributed by atoms with Crippen LogP contribution in [-0.4, -0.2) is 24.7 Å². The van der Waals surface area contributed by atoms with Gasteiger partial charge in [-0.25, -0.2) is 14.6 Å². The lowest BCUT2D eigenvalue weighted by Crippen LogP contribution is -1.91. The van der Waals surface area contributed by atoms with E-state index in [9.17, 15) is 0 Å². The van der Waals surface area contributed by atoms with Crippen LogP contribution in [0, 0.1) is 0 Å². The zero-order valence-electron chi connectivity index (χ0n) is 8.70. The Hall–Kier alpha value is -2.30. The quantitative estimate of drug-likeness (QED) is 0.611. The second-order valence-corrected chi connectivity index (χ2v) is 3.47. The second-order valence-electron chi connectivity index (χ2n) is 3.47. The highest BCUT2D eigenvalue weighted by molar-refractivity contribution is 5.90. The topological polar surface area (TPSA) is 56.5 Å². The Morgan fingerprint density at radius 3 is 2.94 bits per heavy atom. The summed E-state index contributed by atoms with van der Waals surface area (Å²) in [6, 6.07) is 3.86. The first kappa shape index (κ1) is 8.96. The average molecular weight is 211 g/mol. The van der Waals surface area contributed by atoms with E-state index in [1.807, 2.05) is 19.2 Å². The third-order valence-electron chi connectivity index (χ3n) is 2.44. The van der Waals surface area contributed by atoms with Crippen molar-refractivity contribution in [2.24, 2.45) is 7.05 Å². The number of rotatable bonds is 1. The summed E-state index contributed by atoms with van der Waals surface area (Å²) in [5.41, 5.74) is 2.67. The van der Waals surface area contributed by atoms with Crippen LogP contribution < -0.4 is 0 Å². The molecule has 0 aromatic carbocycles. The highest BCUT2D eigenvalue weighted by Crippen LogP contribution is 2.24. The maximum atomic E-state index is 4.43. The molecule has 0 atom stereocenters. The van der Waals surface area contributed by atoms with Crippen LogP contribution in [0.5, 0.6) is 0 Å². The lowest BCUT2D eigenvalue weighted by molar-refractivity contribution is 0.788. The standard InChI is InChI=1S/C11H9N5/c1-16-11-9(6-13-7-14-11)10(15-16)8-3-2-4-12-5-8/h2-7H,1H3. The molecule has 16 heavy (non-hydrogen) atoms. The highest BCUT2D eigenvalue weighted by Gasteiger charge is 2.10. The molecule has 0 N–H and O–H groups in total.